The minimum absolute atomic E-state index is 0.0594. The van der Waals surface area contributed by atoms with E-state index >= 15 is 0 Å². The van der Waals surface area contributed by atoms with Crippen LogP contribution >= 0.6 is 11.6 Å². The second-order valence-corrected chi connectivity index (χ2v) is 4.86. The van der Waals surface area contributed by atoms with Crippen molar-refractivity contribution in [2.24, 2.45) is 0 Å². The molecule has 0 spiro atoms. The fraction of sp³-hybridized carbons (Fsp3) is 0.0667. The van der Waals surface area contributed by atoms with Crippen LogP contribution in [0.1, 0.15) is 11.4 Å². The molecule has 0 saturated heterocycles. The number of hydrogen-bond acceptors (Lipinski definition) is 4. The van der Waals surface area contributed by atoms with Gasteiger partial charge in [-0.2, -0.15) is 4.98 Å². The van der Waals surface area contributed by atoms with E-state index < -0.39 is 5.82 Å². The Morgan fingerprint density at radius 3 is 2.81 bits per heavy atom. The number of benzene rings is 2. The van der Waals surface area contributed by atoms with Crippen LogP contribution in [0.15, 0.2) is 47.0 Å². The van der Waals surface area contributed by atoms with Crippen molar-refractivity contribution < 1.29 is 14.0 Å². The Bertz CT molecular complexity index is 789. The van der Waals surface area contributed by atoms with Crippen molar-refractivity contribution in [2.45, 2.75) is 6.42 Å². The summed E-state index contributed by atoms with van der Waals surface area (Å²) in [5, 5.41) is 13.3. The van der Waals surface area contributed by atoms with Gasteiger partial charge in [-0.05, 0) is 29.8 Å². The third-order valence-electron chi connectivity index (χ3n) is 2.94. The van der Waals surface area contributed by atoms with Crippen LogP contribution in [0.3, 0.4) is 0 Å². The third-order valence-corrected chi connectivity index (χ3v) is 3.23. The van der Waals surface area contributed by atoms with Gasteiger partial charge in [-0.15, -0.1) is 0 Å². The minimum atomic E-state index is -0.483. The molecule has 2 aromatic carbocycles. The van der Waals surface area contributed by atoms with Crippen LogP contribution in [0.25, 0.3) is 11.5 Å². The van der Waals surface area contributed by atoms with Crippen LogP contribution in [0.4, 0.5) is 4.39 Å². The van der Waals surface area contributed by atoms with Crippen LogP contribution in [0.5, 0.6) is 5.75 Å². The van der Waals surface area contributed by atoms with Gasteiger partial charge in [-0.3, -0.25) is 0 Å². The maximum Gasteiger partial charge on any atom is 0.258 e. The lowest BCUT2D eigenvalue weighted by Gasteiger charge is -2.00. The number of rotatable bonds is 3. The zero-order valence-corrected chi connectivity index (χ0v) is 11.5. The molecule has 106 valence electrons. The van der Waals surface area contributed by atoms with Crippen molar-refractivity contribution in [3.63, 3.8) is 0 Å². The number of phenolic OH excluding ortho intramolecular Hbond substituents is 1. The van der Waals surface area contributed by atoms with Crippen molar-refractivity contribution in [3.8, 4) is 17.2 Å². The van der Waals surface area contributed by atoms with Gasteiger partial charge in [0.25, 0.3) is 5.89 Å². The molecule has 0 bridgehead atoms. The Morgan fingerprint density at radius 2 is 2.00 bits per heavy atom. The van der Waals surface area contributed by atoms with E-state index in [2.05, 4.69) is 10.1 Å². The molecular formula is C15H10ClFN2O2. The summed E-state index contributed by atoms with van der Waals surface area (Å²) in [4.78, 5) is 4.19. The second kappa shape index (κ2) is 5.54. The Labute approximate surface area is 124 Å². The highest BCUT2D eigenvalue weighted by atomic mass is 35.5. The standard InChI is InChI=1S/C15H10ClFN2O2/c16-12-6-2-3-9(14(12)17)8-13-18-15(21-19-13)10-4-1-5-11(20)7-10/h1-7,20H,8H2. The monoisotopic (exact) mass is 304 g/mol. The lowest BCUT2D eigenvalue weighted by molar-refractivity contribution is 0.423. The number of nitrogens with zero attached hydrogens (tertiary/aromatic N) is 2. The van der Waals surface area contributed by atoms with Crippen molar-refractivity contribution in [1.29, 1.82) is 0 Å². The maximum absolute atomic E-state index is 13.8. The first-order valence-electron chi connectivity index (χ1n) is 6.18. The van der Waals surface area contributed by atoms with Crippen LogP contribution in [0.2, 0.25) is 5.02 Å². The summed E-state index contributed by atoms with van der Waals surface area (Å²) in [5.41, 5.74) is 0.992. The van der Waals surface area contributed by atoms with Crippen LogP contribution in [-0.2, 0) is 6.42 Å². The van der Waals surface area contributed by atoms with Gasteiger partial charge < -0.3 is 9.63 Å². The lowest BCUT2D eigenvalue weighted by atomic mass is 10.1. The number of hydrogen-bond donors (Lipinski definition) is 1. The summed E-state index contributed by atoms with van der Waals surface area (Å²) in [7, 11) is 0. The van der Waals surface area contributed by atoms with Gasteiger partial charge in [0.05, 0.1) is 5.02 Å². The summed E-state index contributed by atoms with van der Waals surface area (Å²) in [6, 6.07) is 11.2. The quantitative estimate of drug-likeness (QED) is 0.799. The van der Waals surface area contributed by atoms with Gasteiger partial charge in [0.15, 0.2) is 5.82 Å². The van der Waals surface area contributed by atoms with Gasteiger partial charge in [0, 0.05) is 12.0 Å². The van der Waals surface area contributed by atoms with E-state index in [1.54, 1.807) is 30.3 Å². The molecular weight excluding hydrogens is 295 g/mol. The predicted molar refractivity (Wildman–Crippen MR) is 75.6 cm³/mol. The number of aromatic nitrogens is 2. The van der Waals surface area contributed by atoms with Crippen molar-refractivity contribution >= 4 is 11.6 Å². The van der Waals surface area contributed by atoms with Gasteiger partial charge in [-0.25, -0.2) is 4.39 Å². The Morgan fingerprint density at radius 1 is 1.19 bits per heavy atom. The fourth-order valence-corrected chi connectivity index (χ4v) is 2.13. The zero-order valence-electron chi connectivity index (χ0n) is 10.8. The molecule has 0 unspecified atom stereocenters. The highest BCUT2D eigenvalue weighted by Crippen LogP contribution is 2.23. The molecule has 3 aromatic rings. The molecule has 1 aromatic heterocycles. The van der Waals surface area contributed by atoms with E-state index in [0.29, 0.717) is 17.0 Å². The summed E-state index contributed by atoms with van der Waals surface area (Å²) in [6.45, 7) is 0. The maximum atomic E-state index is 13.8. The summed E-state index contributed by atoms with van der Waals surface area (Å²) in [6.07, 6.45) is 0.175. The van der Waals surface area contributed by atoms with Crippen molar-refractivity contribution in [2.75, 3.05) is 0 Å². The SMILES string of the molecule is Oc1cccc(-c2nc(Cc3cccc(Cl)c3F)no2)c1. The van der Waals surface area contributed by atoms with Gasteiger partial charge in [-0.1, -0.05) is 35.0 Å². The molecule has 0 aliphatic rings. The lowest BCUT2D eigenvalue weighted by Crippen LogP contribution is -1.95. The van der Waals surface area contributed by atoms with Crippen LogP contribution in [0, 0.1) is 5.82 Å². The molecule has 0 saturated carbocycles. The van der Waals surface area contributed by atoms with Crippen LogP contribution in [-0.4, -0.2) is 15.2 Å². The smallest absolute Gasteiger partial charge is 0.258 e. The molecule has 0 fully saturated rings. The second-order valence-electron chi connectivity index (χ2n) is 4.46. The fourth-order valence-electron chi connectivity index (χ4n) is 1.94. The third kappa shape index (κ3) is 2.87. The van der Waals surface area contributed by atoms with E-state index in [0.717, 1.165) is 0 Å². The molecule has 1 N–H and O–H groups in total. The van der Waals surface area contributed by atoms with Crippen LogP contribution < -0.4 is 0 Å². The average Bonchev–Trinajstić information content (AvgIpc) is 2.93. The molecule has 0 radical (unpaired) electrons. The summed E-state index contributed by atoms with van der Waals surface area (Å²) >= 11 is 5.73. The normalized spacial score (nSPS) is 10.8. The first-order valence-corrected chi connectivity index (χ1v) is 6.56. The van der Waals surface area contributed by atoms with E-state index in [4.69, 9.17) is 16.1 Å². The molecule has 3 rings (SSSR count). The molecule has 1 heterocycles. The number of halogens is 2. The minimum Gasteiger partial charge on any atom is -0.508 e. The molecule has 0 aliphatic heterocycles. The van der Waals surface area contributed by atoms with Gasteiger partial charge in [0.2, 0.25) is 0 Å². The molecule has 0 amide bonds. The summed E-state index contributed by atoms with van der Waals surface area (Å²) < 4.78 is 18.9. The van der Waals surface area contributed by atoms with E-state index in [9.17, 15) is 9.50 Å². The van der Waals surface area contributed by atoms with Gasteiger partial charge >= 0.3 is 0 Å². The van der Waals surface area contributed by atoms with Crippen molar-refractivity contribution in [3.05, 3.63) is 64.7 Å². The average molecular weight is 305 g/mol. The highest BCUT2D eigenvalue weighted by molar-refractivity contribution is 6.30. The number of phenols is 1. The van der Waals surface area contributed by atoms with Gasteiger partial charge in [0.1, 0.15) is 11.6 Å². The molecule has 21 heavy (non-hydrogen) atoms. The molecule has 6 heteroatoms. The Hall–Kier alpha value is -2.40. The molecule has 0 aliphatic carbocycles. The molecule has 0 atom stereocenters. The first kappa shape index (κ1) is 13.6. The van der Waals surface area contributed by atoms with E-state index in [1.807, 2.05) is 0 Å². The first-order chi connectivity index (χ1) is 10.1. The van der Waals surface area contributed by atoms with E-state index in [1.165, 1.54) is 12.1 Å². The topological polar surface area (TPSA) is 59.2 Å². The zero-order chi connectivity index (χ0) is 14.8. The number of aromatic hydroxyl groups is 1. The van der Waals surface area contributed by atoms with Crippen molar-refractivity contribution in [1.82, 2.24) is 10.1 Å². The largest absolute Gasteiger partial charge is 0.508 e. The molecule has 4 nitrogen and oxygen atoms in total. The summed E-state index contributed by atoms with van der Waals surface area (Å²) in [5.74, 6) is 0.230. The highest BCUT2D eigenvalue weighted by Gasteiger charge is 2.13. The van der Waals surface area contributed by atoms with E-state index in [-0.39, 0.29) is 23.1 Å². The Kier molecular flexibility index (Phi) is 3.58. The Balaban J connectivity index is 1.87. The predicted octanol–water partition coefficient (Wildman–Crippen LogP) is 3.83.